The molecule has 1 aromatic heterocycles. The molecule has 1 aliphatic heterocycles. The summed E-state index contributed by atoms with van der Waals surface area (Å²) >= 11 is 1.72. The lowest BCUT2D eigenvalue weighted by Crippen LogP contribution is -2.45. The van der Waals surface area contributed by atoms with Crippen molar-refractivity contribution >= 4 is 28.8 Å². The highest BCUT2D eigenvalue weighted by atomic mass is 32.1. The number of nitrogens with zero attached hydrogens (tertiary/aromatic N) is 1. The number of hydrogen-bond donors (Lipinski definition) is 1. The van der Waals surface area contributed by atoms with Crippen LogP contribution in [0.3, 0.4) is 0 Å². The maximum atomic E-state index is 12.7. The Hall–Kier alpha value is -2.40. The summed E-state index contributed by atoms with van der Waals surface area (Å²) in [6.07, 6.45) is 0. The zero-order valence-electron chi connectivity index (χ0n) is 14.9. The quantitative estimate of drug-likeness (QED) is 0.900. The molecule has 0 saturated carbocycles. The first-order valence-electron chi connectivity index (χ1n) is 8.30. The van der Waals surface area contributed by atoms with Crippen molar-refractivity contribution in [1.82, 2.24) is 10.2 Å². The van der Waals surface area contributed by atoms with Gasteiger partial charge in [-0.25, -0.2) is 0 Å². The Kier molecular flexibility index (Phi) is 4.52. The monoisotopic (exact) mass is 354 g/mol. The molecule has 3 rings (SSSR count). The third-order valence-corrected chi connectivity index (χ3v) is 5.63. The fourth-order valence-electron chi connectivity index (χ4n) is 3.32. The number of aryl methyl sites for hydroxylation is 2. The van der Waals surface area contributed by atoms with Gasteiger partial charge in [0.2, 0.25) is 5.91 Å². The molecule has 0 saturated heterocycles. The molecule has 0 spiro atoms. The number of amides is 2. The Bertz CT molecular complexity index is 833. The Morgan fingerprint density at radius 1 is 1.20 bits per heavy atom. The summed E-state index contributed by atoms with van der Waals surface area (Å²) in [4.78, 5) is 29.3. The van der Waals surface area contributed by atoms with Gasteiger partial charge < -0.3 is 5.32 Å². The number of rotatable bonds is 4. The summed E-state index contributed by atoms with van der Waals surface area (Å²) in [5, 5.41) is 3.03. The molecule has 25 heavy (non-hydrogen) atoms. The van der Waals surface area contributed by atoms with Gasteiger partial charge in [-0.1, -0.05) is 24.8 Å². The van der Waals surface area contributed by atoms with E-state index in [-0.39, 0.29) is 17.9 Å². The van der Waals surface area contributed by atoms with E-state index in [0.29, 0.717) is 11.3 Å². The van der Waals surface area contributed by atoms with Gasteiger partial charge in [0, 0.05) is 26.6 Å². The van der Waals surface area contributed by atoms with Crippen LogP contribution in [0.2, 0.25) is 0 Å². The Morgan fingerprint density at radius 2 is 1.84 bits per heavy atom. The van der Waals surface area contributed by atoms with Crippen LogP contribution in [-0.2, 0) is 4.79 Å². The first kappa shape index (κ1) is 17.4. The Labute approximate surface area is 152 Å². The fraction of sp³-hybridized carbons (Fsp3) is 0.300. The Balaban J connectivity index is 1.76. The zero-order valence-corrected chi connectivity index (χ0v) is 15.7. The molecule has 2 atom stereocenters. The van der Waals surface area contributed by atoms with Crippen molar-refractivity contribution in [2.45, 2.75) is 39.8 Å². The molecule has 130 valence electrons. The van der Waals surface area contributed by atoms with Crippen LogP contribution in [0.15, 0.2) is 36.9 Å². The SMILES string of the molecule is C=C1c2ccccc2C(=O)N1[C@@H](C)C(=O)N[C@H](C)c1cc(C)sc1C. The van der Waals surface area contributed by atoms with Gasteiger partial charge >= 0.3 is 0 Å². The van der Waals surface area contributed by atoms with Gasteiger partial charge in [0.05, 0.1) is 6.04 Å². The normalized spacial score (nSPS) is 15.9. The first-order valence-corrected chi connectivity index (χ1v) is 9.12. The molecule has 2 heterocycles. The summed E-state index contributed by atoms with van der Waals surface area (Å²) in [6, 6.07) is 8.71. The van der Waals surface area contributed by atoms with Crippen molar-refractivity contribution in [3.05, 3.63) is 63.4 Å². The first-order chi connectivity index (χ1) is 11.8. The van der Waals surface area contributed by atoms with E-state index in [1.54, 1.807) is 24.3 Å². The zero-order chi connectivity index (χ0) is 18.3. The number of benzene rings is 1. The van der Waals surface area contributed by atoms with Gasteiger partial charge in [-0.15, -0.1) is 11.3 Å². The van der Waals surface area contributed by atoms with Crippen LogP contribution in [0.1, 0.15) is 51.1 Å². The average Bonchev–Trinajstić information content (AvgIpc) is 3.04. The van der Waals surface area contributed by atoms with E-state index in [0.717, 1.165) is 11.1 Å². The van der Waals surface area contributed by atoms with E-state index < -0.39 is 6.04 Å². The third kappa shape index (κ3) is 3.00. The minimum Gasteiger partial charge on any atom is -0.348 e. The van der Waals surface area contributed by atoms with Crippen LogP contribution >= 0.6 is 11.3 Å². The van der Waals surface area contributed by atoms with Gasteiger partial charge in [-0.05, 0) is 45.4 Å². The van der Waals surface area contributed by atoms with E-state index in [1.807, 2.05) is 25.1 Å². The second-order valence-corrected chi connectivity index (χ2v) is 7.90. The average molecular weight is 354 g/mol. The van der Waals surface area contributed by atoms with Crippen LogP contribution in [0.5, 0.6) is 0 Å². The van der Waals surface area contributed by atoms with Crippen molar-refractivity contribution in [2.24, 2.45) is 0 Å². The van der Waals surface area contributed by atoms with E-state index in [4.69, 9.17) is 0 Å². The highest BCUT2D eigenvalue weighted by Crippen LogP contribution is 2.33. The minimum absolute atomic E-state index is 0.103. The van der Waals surface area contributed by atoms with Crippen LogP contribution in [0.4, 0.5) is 0 Å². The minimum atomic E-state index is -0.616. The van der Waals surface area contributed by atoms with Crippen LogP contribution in [0.25, 0.3) is 5.70 Å². The van der Waals surface area contributed by atoms with E-state index >= 15 is 0 Å². The summed E-state index contributed by atoms with van der Waals surface area (Å²) < 4.78 is 0. The molecular formula is C20H22N2O2S. The van der Waals surface area contributed by atoms with E-state index in [9.17, 15) is 9.59 Å². The molecule has 0 radical (unpaired) electrons. The molecule has 2 amide bonds. The van der Waals surface area contributed by atoms with Gasteiger partial charge in [-0.3, -0.25) is 14.5 Å². The van der Waals surface area contributed by atoms with E-state index in [1.165, 1.54) is 14.7 Å². The number of fused-ring (bicyclic) bond motifs is 1. The number of thiophene rings is 1. The topological polar surface area (TPSA) is 49.4 Å². The molecule has 0 unspecified atom stereocenters. The highest BCUT2D eigenvalue weighted by molar-refractivity contribution is 7.12. The lowest BCUT2D eigenvalue weighted by atomic mass is 10.1. The maximum absolute atomic E-state index is 12.7. The lowest BCUT2D eigenvalue weighted by molar-refractivity contribution is -0.124. The molecular weight excluding hydrogens is 332 g/mol. The van der Waals surface area contributed by atoms with Crippen molar-refractivity contribution in [3.63, 3.8) is 0 Å². The number of nitrogens with one attached hydrogen (secondary N) is 1. The van der Waals surface area contributed by atoms with Crippen LogP contribution < -0.4 is 5.32 Å². The smallest absolute Gasteiger partial charge is 0.259 e. The van der Waals surface area contributed by atoms with E-state index in [2.05, 4.69) is 31.8 Å². The summed E-state index contributed by atoms with van der Waals surface area (Å²) in [5.41, 5.74) is 3.10. The molecule has 5 heteroatoms. The van der Waals surface area contributed by atoms with Gasteiger partial charge in [0.25, 0.3) is 5.91 Å². The standard InChI is InChI=1S/C20H22N2O2S/c1-11-10-18(15(5)25-11)12(2)21-19(23)14(4)22-13(3)16-8-6-7-9-17(16)20(22)24/h6-10,12,14H,3H2,1-2,4-5H3,(H,21,23)/t12-,14+/m1/s1. The molecule has 1 N–H and O–H groups in total. The van der Waals surface area contributed by atoms with Crippen molar-refractivity contribution in [2.75, 3.05) is 0 Å². The Morgan fingerprint density at radius 3 is 2.40 bits per heavy atom. The van der Waals surface area contributed by atoms with Crippen molar-refractivity contribution in [1.29, 1.82) is 0 Å². The van der Waals surface area contributed by atoms with Crippen LogP contribution in [0, 0.1) is 13.8 Å². The number of carbonyl (C=O) groups is 2. The molecule has 1 aromatic carbocycles. The van der Waals surface area contributed by atoms with Crippen molar-refractivity contribution < 1.29 is 9.59 Å². The summed E-state index contributed by atoms with van der Waals surface area (Å²) in [7, 11) is 0. The third-order valence-electron chi connectivity index (χ3n) is 4.65. The van der Waals surface area contributed by atoms with Crippen LogP contribution in [-0.4, -0.2) is 22.8 Å². The summed E-state index contributed by atoms with van der Waals surface area (Å²) in [5.74, 6) is -0.350. The predicted octanol–water partition coefficient (Wildman–Crippen LogP) is 4.06. The summed E-state index contributed by atoms with van der Waals surface area (Å²) in [6.45, 7) is 11.8. The molecule has 0 aliphatic carbocycles. The number of carbonyl (C=O) groups excluding carboxylic acids is 2. The molecule has 0 bridgehead atoms. The van der Waals surface area contributed by atoms with Gasteiger partial charge in [0.15, 0.2) is 0 Å². The van der Waals surface area contributed by atoms with Crippen molar-refractivity contribution in [3.8, 4) is 0 Å². The second-order valence-electron chi connectivity index (χ2n) is 6.44. The highest BCUT2D eigenvalue weighted by Gasteiger charge is 2.37. The number of hydrogen-bond acceptors (Lipinski definition) is 3. The molecule has 1 aliphatic rings. The fourth-order valence-corrected chi connectivity index (χ4v) is 4.34. The molecule has 2 aromatic rings. The molecule has 4 nitrogen and oxygen atoms in total. The maximum Gasteiger partial charge on any atom is 0.259 e. The lowest BCUT2D eigenvalue weighted by Gasteiger charge is -2.26. The molecule has 0 fully saturated rings. The largest absolute Gasteiger partial charge is 0.348 e. The predicted molar refractivity (Wildman–Crippen MR) is 101 cm³/mol. The van der Waals surface area contributed by atoms with Gasteiger partial charge in [-0.2, -0.15) is 0 Å². The second kappa shape index (κ2) is 6.48. The van der Waals surface area contributed by atoms with Gasteiger partial charge in [0.1, 0.15) is 6.04 Å².